The Kier molecular flexibility index (Phi) is 5.04. The van der Waals surface area contributed by atoms with Gasteiger partial charge in [0.15, 0.2) is 0 Å². The molecular weight excluding hydrogens is 361 g/mol. The minimum Gasteiger partial charge on any atom is -0.326 e. The fourth-order valence-electron chi connectivity index (χ4n) is 1.71. The molecule has 2 aromatic rings. The lowest BCUT2D eigenvalue weighted by Crippen LogP contribution is -2.25. The van der Waals surface area contributed by atoms with E-state index in [1.54, 1.807) is 24.4 Å². The highest BCUT2D eigenvalue weighted by atomic mass is 79.9. The molecule has 21 heavy (non-hydrogen) atoms. The predicted molar refractivity (Wildman–Crippen MR) is 80.3 cm³/mol. The number of benzene rings is 1. The highest BCUT2D eigenvalue weighted by Gasteiger charge is 2.22. The first-order chi connectivity index (χ1) is 9.94. The molecule has 0 aliphatic heterocycles. The third-order valence-corrected chi connectivity index (χ3v) is 4.62. The Balaban J connectivity index is 2.30. The molecule has 112 valence electrons. The van der Waals surface area contributed by atoms with E-state index >= 15 is 0 Å². The summed E-state index contributed by atoms with van der Waals surface area (Å²) in [6, 6.07) is 7.79. The van der Waals surface area contributed by atoms with Crippen molar-refractivity contribution >= 4 is 26.0 Å². The van der Waals surface area contributed by atoms with Crippen LogP contribution in [0.4, 0.5) is 4.39 Å². The van der Waals surface area contributed by atoms with Crippen LogP contribution in [0.25, 0.3) is 0 Å². The zero-order valence-electron chi connectivity index (χ0n) is 10.9. The van der Waals surface area contributed by atoms with Gasteiger partial charge in [0.05, 0.1) is 12.2 Å². The third kappa shape index (κ3) is 3.85. The van der Waals surface area contributed by atoms with E-state index < -0.39 is 20.7 Å². The van der Waals surface area contributed by atoms with Crippen molar-refractivity contribution in [3.63, 3.8) is 0 Å². The molecule has 8 heteroatoms. The molecule has 0 unspecified atom stereocenters. The topological polar surface area (TPSA) is 85.1 Å². The second-order valence-corrected chi connectivity index (χ2v) is 6.88. The van der Waals surface area contributed by atoms with E-state index in [1.165, 1.54) is 12.1 Å². The van der Waals surface area contributed by atoms with Gasteiger partial charge in [-0.3, -0.25) is 4.98 Å². The summed E-state index contributed by atoms with van der Waals surface area (Å²) < 4.78 is 41.3. The van der Waals surface area contributed by atoms with Gasteiger partial charge in [-0.25, -0.2) is 17.5 Å². The summed E-state index contributed by atoms with van der Waals surface area (Å²) in [6.45, 7) is -0.110. The van der Waals surface area contributed by atoms with Gasteiger partial charge in [0.2, 0.25) is 10.0 Å². The van der Waals surface area contributed by atoms with Crippen LogP contribution in [0.2, 0.25) is 0 Å². The zero-order chi connectivity index (χ0) is 15.5. The monoisotopic (exact) mass is 373 g/mol. The predicted octanol–water partition coefficient (Wildman–Crippen LogP) is 1.92. The molecule has 0 aliphatic carbocycles. The van der Waals surface area contributed by atoms with Crippen LogP contribution in [0.5, 0.6) is 0 Å². The maximum Gasteiger partial charge on any atom is 0.243 e. The average molecular weight is 374 g/mol. The van der Waals surface area contributed by atoms with Gasteiger partial charge in [-0.2, -0.15) is 0 Å². The largest absolute Gasteiger partial charge is 0.326 e. The first-order valence-electron chi connectivity index (χ1n) is 6.01. The van der Waals surface area contributed by atoms with E-state index in [0.29, 0.717) is 10.2 Å². The smallest absolute Gasteiger partial charge is 0.243 e. The maximum atomic E-state index is 14.1. The molecule has 0 fully saturated rings. The average Bonchev–Trinajstić information content (AvgIpc) is 2.48. The highest BCUT2D eigenvalue weighted by molar-refractivity contribution is 9.10. The molecule has 1 aromatic carbocycles. The van der Waals surface area contributed by atoms with Crippen molar-refractivity contribution in [2.24, 2.45) is 5.73 Å². The number of rotatable bonds is 5. The van der Waals surface area contributed by atoms with Gasteiger partial charge in [-0.15, -0.1) is 0 Å². The van der Waals surface area contributed by atoms with Crippen molar-refractivity contribution in [2.45, 2.75) is 18.0 Å². The Hall–Kier alpha value is -1.35. The Morgan fingerprint density at radius 2 is 2.10 bits per heavy atom. The Bertz CT molecular complexity index is 739. The first-order valence-corrected chi connectivity index (χ1v) is 8.29. The molecule has 0 radical (unpaired) electrons. The number of halogens is 2. The van der Waals surface area contributed by atoms with Crippen molar-refractivity contribution in [1.29, 1.82) is 0 Å². The molecule has 0 atom stereocenters. The minimum absolute atomic E-state index is 0.0207. The van der Waals surface area contributed by atoms with Gasteiger partial charge in [-0.1, -0.05) is 22.0 Å². The molecular formula is C13H13BrFN3O2S. The number of hydrogen-bond donors (Lipinski definition) is 2. The maximum absolute atomic E-state index is 14.1. The summed E-state index contributed by atoms with van der Waals surface area (Å²) >= 11 is 3.15. The quantitative estimate of drug-likeness (QED) is 0.838. The molecule has 1 aromatic heterocycles. The van der Waals surface area contributed by atoms with Crippen molar-refractivity contribution in [1.82, 2.24) is 9.71 Å². The van der Waals surface area contributed by atoms with E-state index in [2.05, 4.69) is 25.6 Å². The number of nitrogens with two attached hydrogens (primary N) is 1. The van der Waals surface area contributed by atoms with Gasteiger partial charge in [0, 0.05) is 22.8 Å². The molecule has 1 heterocycles. The molecule has 0 saturated heterocycles. The molecule has 0 amide bonds. The number of nitrogens with one attached hydrogen (secondary N) is 1. The van der Waals surface area contributed by atoms with Crippen LogP contribution in [-0.4, -0.2) is 13.4 Å². The van der Waals surface area contributed by atoms with Gasteiger partial charge >= 0.3 is 0 Å². The van der Waals surface area contributed by atoms with E-state index in [4.69, 9.17) is 5.73 Å². The fourth-order valence-corrected chi connectivity index (χ4v) is 3.51. The van der Waals surface area contributed by atoms with Crippen LogP contribution in [0.15, 0.2) is 45.9 Å². The molecule has 5 nitrogen and oxygen atoms in total. The summed E-state index contributed by atoms with van der Waals surface area (Å²) in [4.78, 5) is 3.56. The normalized spacial score (nSPS) is 11.6. The zero-order valence-corrected chi connectivity index (χ0v) is 13.3. The van der Waals surface area contributed by atoms with Crippen LogP contribution < -0.4 is 10.5 Å². The molecule has 2 rings (SSSR count). The molecule has 0 saturated carbocycles. The van der Waals surface area contributed by atoms with E-state index in [1.807, 2.05) is 0 Å². The van der Waals surface area contributed by atoms with Crippen LogP contribution in [0.3, 0.4) is 0 Å². The summed E-state index contributed by atoms with van der Waals surface area (Å²) in [5.74, 6) is -0.839. The van der Waals surface area contributed by atoms with Crippen molar-refractivity contribution in [2.75, 3.05) is 0 Å². The van der Waals surface area contributed by atoms with E-state index in [0.717, 1.165) is 0 Å². The fraction of sp³-hybridized carbons (Fsp3) is 0.154. The lowest BCUT2D eigenvalue weighted by atomic mass is 10.2. The van der Waals surface area contributed by atoms with Crippen LogP contribution >= 0.6 is 15.9 Å². The number of sulfonamides is 1. The Labute approximate surface area is 130 Å². The number of pyridine rings is 1. The van der Waals surface area contributed by atoms with Crippen molar-refractivity contribution in [3.8, 4) is 0 Å². The highest BCUT2D eigenvalue weighted by Crippen LogP contribution is 2.24. The first kappa shape index (κ1) is 16.0. The standard InChI is InChI=1S/C13H13BrFN3O2S/c14-10-5-9(7-16)13(15)12(6-10)21(19,20)18-8-11-3-1-2-4-17-11/h1-6,18H,7-8,16H2. The van der Waals surface area contributed by atoms with Gasteiger partial charge < -0.3 is 5.73 Å². The summed E-state index contributed by atoms with van der Waals surface area (Å²) in [7, 11) is -3.99. The van der Waals surface area contributed by atoms with Gasteiger partial charge in [0.25, 0.3) is 0 Å². The molecule has 3 N–H and O–H groups in total. The lowest BCUT2D eigenvalue weighted by molar-refractivity contribution is 0.549. The number of hydrogen-bond acceptors (Lipinski definition) is 4. The Morgan fingerprint density at radius 1 is 1.33 bits per heavy atom. The molecule has 0 bridgehead atoms. The summed E-state index contributed by atoms with van der Waals surface area (Å²) in [5.41, 5.74) is 6.08. The van der Waals surface area contributed by atoms with E-state index in [9.17, 15) is 12.8 Å². The second-order valence-electron chi connectivity index (χ2n) is 4.23. The van der Waals surface area contributed by atoms with Gasteiger partial charge in [0.1, 0.15) is 10.7 Å². The van der Waals surface area contributed by atoms with Crippen molar-refractivity contribution in [3.05, 3.63) is 58.1 Å². The third-order valence-electron chi connectivity index (χ3n) is 2.76. The van der Waals surface area contributed by atoms with Crippen LogP contribution in [-0.2, 0) is 23.1 Å². The molecule has 0 spiro atoms. The molecule has 0 aliphatic rings. The minimum atomic E-state index is -3.99. The van der Waals surface area contributed by atoms with Crippen LogP contribution in [0, 0.1) is 5.82 Å². The van der Waals surface area contributed by atoms with Gasteiger partial charge in [-0.05, 0) is 24.3 Å². The van der Waals surface area contributed by atoms with Crippen LogP contribution in [0.1, 0.15) is 11.3 Å². The van der Waals surface area contributed by atoms with Crippen molar-refractivity contribution < 1.29 is 12.8 Å². The SMILES string of the molecule is NCc1cc(Br)cc(S(=O)(=O)NCc2ccccn2)c1F. The number of nitrogens with zero attached hydrogens (tertiary/aromatic N) is 1. The Morgan fingerprint density at radius 3 is 2.71 bits per heavy atom. The number of aromatic nitrogens is 1. The summed E-state index contributed by atoms with van der Waals surface area (Å²) in [6.07, 6.45) is 1.55. The second kappa shape index (κ2) is 6.61. The van der Waals surface area contributed by atoms with E-state index in [-0.39, 0.29) is 18.7 Å². The lowest BCUT2D eigenvalue weighted by Gasteiger charge is -2.10. The summed E-state index contributed by atoms with van der Waals surface area (Å²) in [5, 5.41) is 0.